The van der Waals surface area contributed by atoms with E-state index in [4.69, 9.17) is 0 Å². The van der Waals surface area contributed by atoms with Crippen molar-refractivity contribution < 1.29 is 13.2 Å². The van der Waals surface area contributed by atoms with Gasteiger partial charge in [-0.3, -0.25) is 4.79 Å². The average Bonchev–Trinajstić information content (AvgIpc) is 2.64. The Morgan fingerprint density at radius 1 is 1.00 bits per heavy atom. The van der Waals surface area contributed by atoms with E-state index in [1.54, 1.807) is 20.8 Å². The molecule has 2 rings (SSSR count). The number of rotatable bonds is 8. The van der Waals surface area contributed by atoms with E-state index in [0.717, 1.165) is 18.7 Å². The summed E-state index contributed by atoms with van der Waals surface area (Å²) in [6.07, 6.45) is 0.805. The summed E-state index contributed by atoms with van der Waals surface area (Å²) in [5.74, 6) is -0.213. The van der Waals surface area contributed by atoms with E-state index in [9.17, 15) is 13.2 Å². The molecule has 0 atom stereocenters. The van der Waals surface area contributed by atoms with Crippen molar-refractivity contribution in [2.24, 2.45) is 0 Å². The molecule has 2 N–H and O–H groups in total. The molecule has 0 saturated heterocycles. The molecule has 0 unspecified atom stereocenters. The van der Waals surface area contributed by atoms with Gasteiger partial charge in [-0.15, -0.1) is 0 Å². The normalized spacial score (nSPS) is 11.9. The van der Waals surface area contributed by atoms with Crippen LogP contribution in [0.2, 0.25) is 0 Å². The zero-order valence-corrected chi connectivity index (χ0v) is 17.7. The first-order valence-electron chi connectivity index (χ1n) is 9.27. The first-order chi connectivity index (χ1) is 13.1. The van der Waals surface area contributed by atoms with E-state index >= 15 is 0 Å². The molecule has 0 fully saturated rings. The SMILES string of the molecule is CN(CCCNC(=O)c1ccc(S(=O)(=O)NC(C)(C)C)cc1)c1ccccc1. The van der Waals surface area contributed by atoms with Crippen LogP contribution in [0.1, 0.15) is 37.6 Å². The molecule has 6 nitrogen and oxygen atoms in total. The fraction of sp³-hybridized carbons (Fsp3) is 0.381. The van der Waals surface area contributed by atoms with Crippen molar-refractivity contribution in [3.63, 3.8) is 0 Å². The average molecular weight is 404 g/mol. The number of benzene rings is 2. The molecule has 152 valence electrons. The van der Waals surface area contributed by atoms with Gasteiger partial charge in [-0.25, -0.2) is 13.1 Å². The van der Waals surface area contributed by atoms with E-state index in [1.165, 1.54) is 24.3 Å². The van der Waals surface area contributed by atoms with Crippen LogP contribution < -0.4 is 14.9 Å². The number of nitrogens with one attached hydrogen (secondary N) is 2. The van der Waals surface area contributed by atoms with E-state index in [1.807, 2.05) is 37.4 Å². The van der Waals surface area contributed by atoms with Crippen molar-refractivity contribution >= 4 is 21.6 Å². The topological polar surface area (TPSA) is 78.5 Å². The first kappa shape index (κ1) is 21.9. The number of amides is 1. The van der Waals surface area contributed by atoms with E-state index < -0.39 is 15.6 Å². The molecule has 0 aromatic heterocycles. The van der Waals surface area contributed by atoms with Crippen LogP contribution in [0.3, 0.4) is 0 Å². The monoisotopic (exact) mass is 403 g/mol. The van der Waals surface area contributed by atoms with Crippen molar-refractivity contribution in [1.82, 2.24) is 10.0 Å². The van der Waals surface area contributed by atoms with E-state index in [-0.39, 0.29) is 10.8 Å². The molecule has 28 heavy (non-hydrogen) atoms. The van der Waals surface area contributed by atoms with Crippen molar-refractivity contribution in [2.75, 3.05) is 25.0 Å². The lowest BCUT2D eigenvalue weighted by Crippen LogP contribution is -2.40. The minimum absolute atomic E-state index is 0.142. The van der Waals surface area contributed by atoms with Crippen molar-refractivity contribution in [2.45, 2.75) is 37.6 Å². The Morgan fingerprint density at radius 3 is 2.18 bits per heavy atom. The highest BCUT2D eigenvalue weighted by molar-refractivity contribution is 7.89. The molecule has 7 heteroatoms. The second-order valence-electron chi connectivity index (χ2n) is 7.75. The van der Waals surface area contributed by atoms with Gasteiger partial charge in [0.15, 0.2) is 0 Å². The number of hydrogen-bond donors (Lipinski definition) is 2. The summed E-state index contributed by atoms with van der Waals surface area (Å²) in [5, 5.41) is 2.87. The van der Waals surface area contributed by atoms with Crippen LogP contribution in [-0.2, 0) is 10.0 Å². The van der Waals surface area contributed by atoms with E-state index in [2.05, 4.69) is 14.9 Å². The standard InChI is InChI=1S/C21H29N3O3S/c1-21(2,3)23-28(26,27)19-13-11-17(12-14-19)20(25)22-15-8-16-24(4)18-9-6-5-7-10-18/h5-7,9-14,23H,8,15-16H2,1-4H3,(H,22,25). The summed E-state index contributed by atoms with van der Waals surface area (Å²) in [5.41, 5.74) is 1.00. The van der Waals surface area contributed by atoms with Crippen molar-refractivity contribution in [3.05, 3.63) is 60.2 Å². The largest absolute Gasteiger partial charge is 0.375 e. The number of carbonyl (C=O) groups excluding carboxylic acids is 1. The Kier molecular flexibility index (Phi) is 7.21. The summed E-state index contributed by atoms with van der Waals surface area (Å²) < 4.78 is 27.2. The van der Waals surface area contributed by atoms with Crippen LogP contribution in [0.4, 0.5) is 5.69 Å². The molecular weight excluding hydrogens is 374 g/mol. The van der Waals surface area contributed by atoms with Gasteiger partial charge in [-0.05, 0) is 63.6 Å². The van der Waals surface area contributed by atoms with Crippen LogP contribution in [0.5, 0.6) is 0 Å². The Balaban J connectivity index is 1.84. The summed E-state index contributed by atoms with van der Waals surface area (Å²) in [6.45, 7) is 6.70. The van der Waals surface area contributed by atoms with Crippen molar-refractivity contribution in [3.8, 4) is 0 Å². The number of carbonyl (C=O) groups is 1. The quantitative estimate of drug-likeness (QED) is 0.664. The zero-order chi connectivity index (χ0) is 20.8. The highest BCUT2D eigenvalue weighted by Gasteiger charge is 2.22. The van der Waals surface area contributed by atoms with Gasteiger partial charge in [0.1, 0.15) is 0 Å². The van der Waals surface area contributed by atoms with Gasteiger partial charge < -0.3 is 10.2 Å². The predicted molar refractivity (Wildman–Crippen MR) is 113 cm³/mol. The van der Waals surface area contributed by atoms with Crippen LogP contribution >= 0.6 is 0 Å². The lowest BCUT2D eigenvalue weighted by Gasteiger charge is -2.20. The van der Waals surface area contributed by atoms with Gasteiger partial charge in [0.2, 0.25) is 10.0 Å². The smallest absolute Gasteiger partial charge is 0.251 e. The molecule has 2 aromatic rings. The number of nitrogens with zero attached hydrogens (tertiary/aromatic N) is 1. The summed E-state index contributed by atoms with van der Waals surface area (Å²) in [4.78, 5) is 14.5. The minimum Gasteiger partial charge on any atom is -0.375 e. The Labute approximate surface area is 168 Å². The Bertz CT molecular complexity index is 873. The highest BCUT2D eigenvalue weighted by Crippen LogP contribution is 2.14. The molecule has 0 spiro atoms. The van der Waals surface area contributed by atoms with Gasteiger partial charge in [-0.2, -0.15) is 0 Å². The zero-order valence-electron chi connectivity index (χ0n) is 16.9. The molecule has 1 amide bonds. The maximum atomic E-state index is 12.3. The van der Waals surface area contributed by atoms with Gasteiger partial charge in [0.25, 0.3) is 5.91 Å². The Hall–Kier alpha value is -2.38. The van der Waals surface area contributed by atoms with Gasteiger partial charge >= 0.3 is 0 Å². The van der Waals surface area contributed by atoms with Gasteiger partial charge in [-0.1, -0.05) is 18.2 Å². The molecule has 0 radical (unpaired) electrons. The lowest BCUT2D eigenvalue weighted by atomic mass is 10.1. The highest BCUT2D eigenvalue weighted by atomic mass is 32.2. The van der Waals surface area contributed by atoms with Gasteiger partial charge in [0, 0.05) is 36.9 Å². The van der Waals surface area contributed by atoms with Crippen molar-refractivity contribution in [1.29, 1.82) is 0 Å². The van der Waals surface area contributed by atoms with Crippen LogP contribution in [-0.4, -0.2) is 40.0 Å². The summed E-state index contributed by atoms with van der Waals surface area (Å²) in [6, 6.07) is 16.0. The molecule has 0 aliphatic rings. The number of sulfonamides is 1. The number of anilines is 1. The van der Waals surface area contributed by atoms with Crippen LogP contribution in [0.25, 0.3) is 0 Å². The Morgan fingerprint density at radius 2 is 1.61 bits per heavy atom. The minimum atomic E-state index is -3.60. The maximum absolute atomic E-state index is 12.3. The fourth-order valence-electron chi connectivity index (χ4n) is 2.68. The molecule has 2 aromatic carbocycles. The second-order valence-corrected chi connectivity index (χ2v) is 9.43. The third-order valence-corrected chi connectivity index (χ3v) is 5.79. The summed E-state index contributed by atoms with van der Waals surface area (Å²) in [7, 11) is -1.59. The lowest BCUT2D eigenvalue weighted by molar-refractivity contribution is 0.0953. The van der Waals surface area contributed by atoms with Crippen LogP contribution in [0, 0.1) is 0 Å². The molecule has 0 saturated carbocycles. The molecule has 0 aliphatic carbocycles. The fourth-order valence-corrected chi connectivity index (χ4v) is 4.10. The first-order valence-corrected chi connectivity index (χ1v) is 10.8. The van der Waals surface area contributed by atoms with Gasteiger partial charge in [0.05, 0.1) is 4.90 Å². The summed E-state index contributed by atoms with van der Waals surface area (Å²) >= 11 is 0. The molecule has 0 bridgehead atoms. The molecule has 0 heterocycles. The van der Waals surface area contributed by atoms with Crippen LogP contribution in [0.15, 0.2) is 59.5 Å². The number of hydrogen-bond acceptors (Lipinski definition) is 4. The molecule has 0 aliphatic heterocycles. The maximum Gasteiger partial charge on any atom is 0.251 e. The third-order valence-electron chi connectivity index (χ3n) is 4.02. The molecular formula is C21H29N3O3S. The third kappa shape index (κ3) is 6.65. The second kappa shape index (κ2) is 9.21. The van der Waals surface area contributed by atoms with E-state index in [0.29, 0.717) is 12.1 Å². The predicted octanol–water partition coefficient (Wildman–Crippen LogP) is 3.02. The number of para-hydroxylation sites is 1.